The first-order chi connectivity index (χ1) is 14.0. The van der Waals surface area contributed by atoms with Gasteiger partial charge in [-0.15, -0.1) is 0 Å². The second-order valence-electron chi connectivity index (χ2n) is 6.67. The van der Waals surface area contributed by atoms with Crippen molar-refractivity contribution in [1.82, 2.24) is 0 Å². The molecule has 0 saturated heterocycles. The maximum absolute atomic E-state index is 12.9. The number of amides is 1. The Balaban J connectivity index is 1.55. The smallest absolute Gasteiger partial charge is 0.262 e. The number of benzene rings is 3. The molecule has 0 saturated carbocycles. The molecular weight excluding hydrogens is 388 g/mol. The molecule has 0 aliphatic carbocycles. The van der Waals surface area contributed by atoms with E-state index in [1.54, 1.807) is 41.3 Å². The van der Waals surface area contributed by atoms with Crippen molar-refractivity contribution in [1.29, 1.82) is 0 Å². The summed E-state index contributed by atoms with van der Waals surface area (Å²) in [5.74, 6) is 0.284. The van der Waals surface area contributed by atoms with E-state index in [1.165, 1.54) is 19.2 Å². The van der Waals surface area contributed by atoms with Gasteiger partial charge in [-0.2, -0.15) is 0 Å². The summed E-state index contributed by atoms with van der Waals surface area (Å²) in [5, 5.41) is 0. The largest absolute Gasteiger partial charge is 0.495 e. The number of hydrogen-bond acceptors (Lipinski definition) is 4. The molecular formula is C22H20N2O4S. The molecule has 0 radical (unpaired) electrons. The lowest BCUT2D eigenvalue weighted by molar-refractivity contribution is 0.0989. The van der Waals surface area contributed by atoms with E-state index >= 15 is 0 Å². The van der Waals surface area contributed by atoms with Crippen LogP contribution < -0.4 is 14.4 Å². The summed E-state index contributed by atoms with van der Waals surface area (Å²) in [5.41, 5.74) is 2.84. The summed E-state index contributed by atoms with van der Waals surface area (Å²) >= 11 is 0. The van der Waals surface area contributed by atoms with Gasteiger partial charge in [-0.1, -0.05) is 30.3 Å². The average Bonchev–Trinajstić information content (AvgIpc) is 3.17. The van der Waals surface area contributed by atoms with Crippen LogP contribution in [0.25, 0.3) is 0 Å². The van der Waals surface area contributed by atoms with Crippen LogP contribution in [0.4, 0.5) is 11.4 Å². The fraction of sp³-hybridized carbons (Fsp3) is 0.136. The number of hydrogen-bond donors (Lipinski definition) is 1. The highest BCUT2D eigenvalue weighted by molar-refractivity contribution is 7.92. The molecule has 1 N–H and O–H groups in total. The number of fused-ring (bicyclic) bond motifs is 1. The Morgan fingerprint density at radius 3 is 2.41 bits per heavy atom. The van der Waals surface area contributed by atoms with E-state index in [0.29, 0.717) is 23.5 Å². The van der Waals surface area contributed by atoms with Gasteiger partial charge in [0.05, 0.1) is 17.7 Å². The van der Waals surface area contributed by atoms with Crippen LogP contribution in [0.5, 0.6) is 5.75 Å². The lowest BCUT2D eigenvalue weighted by Crippen LogP contribution is -2.28. The van der Waals surface area contributed by atoms with Gasteiger partial charge in [0.1, 0.15) is 5.75 Å². The van der Waals surface area contributed by atoms with Crippen LogP contribution in [0.1, 0.15) is 15.9 Å². The van der Waals surface area contributed by atoms with Crippen molar-refractivity contribution < 1.29 is 17.9 Å². The van der Waals surface area contributed by atoms with E-state index in [4.69, 9.17) is 4.74 Å². The summed E-state index contributed by atoms with van der Waals surface area (Å²) in [6.07, 6.45) is 0.817. The third-order valence-electron chi connectivity index (χ3n) is 4.90. The fourth-order valence-corrected chi connectivity index (χ4v) is 4.48. The predicted octanol–water partition coefficient (Wildman–Crippen LogP) is 3.70. The van der Waals surface area contributed by atoms with Crippen molar-refractivity contribution in [3.05, 3.63) is 83.9 Å². The van der Waals surface area contributed by atoms with E-state index in [1.807, 2.05) is 24.3 Å². The van der Waals surface area contributed by atoms with Crippen molar-refractivity contribution in [2.75, 3.05) is 23.3 Å². The Labute approximate surface area is 169 Å². The quantitative estimate of drug-likeness (QED) is 0.699. The minimum absolute atomic E-state index is 0.0711. The first kappa shape index (κ1) is 19.0. The molecule has 0 fully saturated rings. The van der Waals surface area contributed by atoms with Crippen LogP contribution in [-0.4, -0.2) is 28.0 Å². The van der Waals surface area contributed by atoms with Gasteiger partial charge in [0.15, 0.2) is 0 Å². The molecule has 29 heavy (non-hydrogen) atoms. The molecule has 3 aromatic rings. The molecule has 148 valence electrons. The Bertz CT molecular complexity index is 1160. The van der Waals surface area contributed by atoms with E-state index in [-0.39, 0.29) is 10.8 Å². The van der Waals surface area contributed by atoms with E-state index < -0.39 is 10.0 Å². The van der Waals surface area contributed by atoms with Gasteiger partial charge in [-0.3, -0.25) is 9.52 Å². The van der Waals surface area contributed by atoms with Crippen LogP contribution in [0.2, 0.25) is 0 Å². The second kappa shape index (κ2) is 7.60. The van der Waals surface area contributed by atoms with Gasteiger partial charge < -0.3 is 9.64 Å². The SMILES string of the molecule is COc1ccccc1NS(=O)(=O)c1ccc(C(=O)N2CCc3ccccc32)cc1. The zero-order valence-corrected chi connectivity index (χ0v) is 16.6. The molecule has 1 amide bonds. The van der Waals surface area contributed by atoms with Crippen molar-refractivity contribution in [2.45, 2.75) is 11.3 Å². The van der Waals surface area contributed by atoms with Crippen molar-refractivity contribution in [2.24, 2.45) is 0 Å². The molecule has 1 aliphatic rings. The molecule has 0 spiro atoms. The standard InChI is InChI=1S/C22H20N2O4S/c1-28-21-9-5-3-7-19(21)23-29(26,27)18-12-10-17(11-13-18)22(25)24-15-14-16-6-2-4-8-20(16)24/h2-13,23H,14-15H2,1H3. The Hall–Kier alpha value is -3.32. The maximum atomic E-state index is 12.9. The van der Waals surface area contributed by atoms with Crippen LogP contribution >= 0.6 is 0 Å². The van der Waals surface area contributed by atoms with Gasteiger partial charge in [0.2, 0.25) is 0 Å². The highest BCUT2D eigenvalue weighted by Crippen LogP contribution is 2.29. The van der Waals surface area contributed by atoms with Crippen LogP contribution in [-0.2, 0) is 16.4 Å². The molecule has 1 heterocycles. The second-order valence-corrected chi connectivity index (χ2v) is 8.35. The minimum Gasteiger partial charge on any atom is -0.495 e. The van der Waals surface area contributed by atoms with Gasteiger partial charge in [0, 0.05) is 17.8 Å². The van der Waals surface area contributed by atoms with Gasteiger partial charge in [0.25, 0.3) is 15.9 Å². The average molecular weight is 408 g/mol. The van der Waals surface area contributed by atoms with Crippen LogP contribution in [0, 0.1) is 0 Å². The number of carbonyl (C=O) groups is 1. The number of ether oxygens (including phenoxy) is 1. The molecule has 0 atom stereocenters. The lowest BCUT2D eigenvalue weighted by Gasteiger charge is -2.17. The van der Waals surface area contributed by atoms with Crippen molar-refractivity contribution in [3.8, 4) is 5.75 Å². The maximum Gasteiger partial charge on any atom is 0.262 e. The monoisotopic (exact) mass is 408 g/mol. The number of methoxy groups -OCH3 is 1. The predicted molar refractivity (Wildman–Crippen MR) is 112 cm³/mol. The highest BCUT2D eigenvalue weighted by atomic mass is 32.2. The highest BCUT2D eigenvalue weighted by Gasteiger charge is 2.25. The molecule has 0 aromatic heterocycles. The zero-order valence-electron chi connectivity index (χ0n) is 15.8. The number of carbonyl (C=O) groups excluding carboxylic acids is 1. The number of nitrogens with zero attached hydrogens (tertiary/aromatic N) is 1. The van der Waals surface area contributed by atoms with Gasteiger partial charge in [-0.25, -0.2) is 8.42 Å². The molecule has 0 unspecified atom stereocenters. The van der Waals surface area contributed by atoms with E-state index in [9.17, 15) is 13.2 Å². The van der Waals surface area contributed by atoms with Crippen LogP contribution in [0.15, 0.2) is 77.7 Å². The van der Waals surface area contributed by atoms with Crippen molar-refractivity contribution >= 4 is 27.3 Å². The Morgan fingerprint density at radius 2 is 1.66 bits per heavy atom. The van der Waals surface area contributed by atoms with E-state index in [2.05, 4.69) is 4.72 Å². The number of sulfonamides is 1. The molecule has 4 rings (SSSR count). The molecule has 3 aromatic carbocycles. The Morgan fingerprint density at radius 1 is 0.966 bits per heavy atom. The van der Waals surface area contributed by atoms with Crippen molar-refractivity contribution in [3.63, 3.8) is 0 Å². The molecule has 0 bridgehead atoms. The lowest BCUT2D eigenvalue weighted by atomic mass is 10.1. The fourth-order valence-electron chi connectivity index (χ4n) is 3.41. The summed E-state index contributed by atoms with van der Waals surface area (Å²) < 4.78 is 33.1. The Kier molecular flexibility index (Phi) is 4.98. The molecule has 7 heteroatoms. The third kappa shape index (κ3) is 3.69. The number of para-hydroxylation sites is 3. The summed E-state index contributed by atoms with van der Waals surface area (Å²) in [6.45, 7) is 0.619. The third-order valence-corrected chi connectivity index (χ3v) is 6.28. The van der Waals surface area contributed by atoms with Gasteiger partial charge in [-0.05, 0) is 54.4 Å². The van der Waals surface area contributed by atoms with Crippen LogP contribution in [0.3, 0.4) is 0 Å². The molecule has 1 aliphatic heterocycles. The van der Waals surface area contributed by atoms with E-state index in [0.717, 1.165) is 17.7 Å². The first-order valence-electron chi connectivity index (χ1n) is 9.15. The normalized spacial score (nSPS) is 13.1. The number of anilines is 2. The topological polar surface area (TPSA) is 75.7 Å². The van der Waals surface area contributed by atoms with Gasteiger partial charge >= 0.3 is 0 Å². The number of nitrogens with one attached hydrogen (secondary N) is 1. The summed E-state index contributed by atoms with van der Waals surface area (Å²) in [4.78, 5) is 14.7. The zero-order chi connectivity index (χ0) is 20.4. The number of rotatable bonds is 5. The summed E-state index contributed by atoms with van der Waals surface area (Å²) in [7, 11) is -2.33. The summed E-state index contributed by atoms with van der Waals surface area (Å²) in [6, 6.07) is 20.5. The molecule has 6 nitrogen and oxygen atoms in total. The minimum atomic E-state index is -3.81. The first-order valence-corrected chi connectivity index (χ1v) is 10.6.